The van der Waals surface area contributed by atoms with Crippen LogP contribution in [0.1, 0.15) is 36.1 Å². The molecule has 0 aromatic heterocycles. The Hall–Kier alpha value is -4.14. The van der Waals surface area contributed by atoms with Crippen molar-refractivity contribution < 1.29 is 18.0 Å². The Morgan fingerprint density at radius 2 is 1.45 bits per heavy atom. The summed E-state index contributed by atoms with van der Waals surface area (Å²) in [5.74, 6) is -0.844. The van der Waals surface area contributed by atoms with Crippen molar-refractivity contribution in [3.8, 4) is 0 Å². The first-order valence-electron chi connectivity index (χ1n) is 14.5. The maximum atomic E-state index is 14.5. The fourth-order valence-electron chi connectivity index (χ4n) is 4.93. The van der Waals surface area contributed by atoms with E-state index in [2.05, 4.69) is 5.32 Å². The molecular formula is C35H38ClN3O4S. The molecule has 4 aromatic rings. The van der Waals surface area contributed by atoms with Gasteiger partial charge in [-0.1, -0.05) is 96.0 Å². The standard InChI is InChI=1S/C35H38ClN3O4S/c1-25(2)37-35(41)33(21-28-13-7-5-8-14-28)38(23-29-15-11-12-26(3)20-29)34(40)24-39(30-19-18-27(4)32(36)22-30)44(42,43)31-16-9-6-10-17-31/h5-20,22,25,33H,21,23-24H2,1-4H3,(H,37,41)/t33-/m0/s1. The number of rotatable bonds is 12. The number of hydrogen-bond donors (Lipinski definition) is 1. The first kappa shape index (κ1) is 32.8. The van der Waals surface area contributed by atoms with Gasteiger partial charge in [-0.05, 0) is 68.7 Å². The molecule has 0 aliphatic carbocycles. The van der Waals surface area contributed by atoms with Crippen LogP contribution in [0.4, 0.5) is 5.69 Å². The molecule has 4 aromatic carbocycles. The molecule has 4 rings (SSSR count). The van der Waals surface area contributed by atoms with E-state index in [4.69, 9.17) is 11.6 Å². The van der Waals surface area contributed by atoms with Crippen molar-refractivity contribution in [2.24, 2.45) is 0 Å². The van der Waals surface area contributed by atoms with Crippen LogP contribution in [0.3, 0.4) is 0 Å². The molecule has 0 saturated carbocycles. The van der Waals surface area contributed by atoms with Gasteiger partial charge in [-0.2, -0.15) is 0 Å². The third kappa shape index (κ3) is 8.27. The molecule has 0 bridgehead atoms. The first-order valence-corrected chi connectivity index (χ1v) is 16.3. The number of halogens is 1. The van der Waals surface area contributed by atoms with Crippen molar-refractivity contribution in [3.05, 3.63) is 130 Å². The number of amides is 2. The normalized spacial score (nSPS) is 12.0. The fourth-order valence-corrected chi connectivity index (χ4v) is 6.53. The summed E-state index contributed by atoms with van der Waals surface area (Å²) in [5, 5.41) is 3.34. The number of hydrogen-bond acceptors (Lipinski definition) is 4. The van der Waals surface area contributed by atoms with E-state index < -0.39 is 28.5 Å². The number of sulfonamides is 1. The molecule has 7 nitrogen and oxygen atoms in total. The Balaban J connectivity index is 1.82. The molecule has 0 saturated heterocycles. The number of anilines is 1. The van der Waals surface area contributed by atoms with Gasteiger partial charge in [0.1, 0.15) is 12.6 Å². The molecule has 44 heavy (non-hydrogen) atoms. The van der Waals surface area contributed by atoms with Gasteiger partial charge in [-0.15, -0.1) is 0 Å². The minimum absolute atomic E-state index is 0.0353. The quantitative estimate of drug-likeness (QED) is 0.198. The molecule has 1 N–H and O–H groups in total. The SMILES string of the molecule is Cc1cccc(CN(C(=O)CN(c2ccc(C)c(Cl)c2)S(=O)(=O)c2ccccc2)[C@@H](Cc2ccccc2)C(=O)NC(C)C)c1. The minimum Gasteiger partial charge on any atom is -0.352 e. The number of carbonyl (C=O) groups excluding carboxylic acids is 2. The van der Waals surface area contributed by atoms with Gasteiger partial charge in [-0.25, -0.2) is 8.42 Å². The van der Waals surface area contributed by atoms with E-state index in [1.54, 1.807) is 36.4 Å². The Bertz CT molecular complexity index is 1700. The van der Waals surface area contributed by atoms with Gasteiger partial charge in [0.15, 0.2) is 0 Å². The maximum absolute atomic E-state index is 14.5. The van der Waals surface area contributed by atoms with Gasteiger partial charge in [-0.3, -0.25) is 13.9 Å². The summed E-state index contributed by atoms with van der Waals surface area (Å²) in [5.41, 5.74) is 3.72. The van der Waals surface area contributed by atoms with Gasteiger partial charge in [0.25, 0.3) is 10.0 Å². The van der Waals surface area contributed by atoms with Crippen LogP contribution in [0.2, 0.25) is 5.02 Å². The third-order valence-corrected chi connectivity index (χ3v) is 9.39. The van der Waals surface area contributed by atoms with Gasteiger partial charge in [0.2, 0.25) is 11.8 Å². The second-order valence-corrected chi connectivity index (χ2v) is 13.4. The van der Waals surface area contributed by atoms with Crippen LogP contribution >= 0.6 is 11.6 Å². The Morgan fingerprint density at radius 3 is 2.07 bits per heavy atom. The molecule has 0 radical (unpaired) electrons. The number of aryl methyl sites for hydroxylation is 2. The highest BCUT2D eigenvalue weighted by molar-refractivity contribution is 7.92. The summed E-state index contributed by atoms with van der Waals surface area (Å²) in [6, 6.07) is 29.0. The van der Waals surface area contributed by atoms with E-state index in [0.717, 1.165) is 26.6 Å². The van der Waals surface area contributed by atoms with Crippen molar-refractivity contribution in [1.29, 1.82) is 0 Å². The van der Waals surface area contributed by atoms with Crippen molar-refractivity contribution in [2.45, 2.75) is 57.6 Å². The summed E-state index contributed by atoms with van der Waals surface area (Å²) in [6.45, 7) is 7.06. The Labute approximate surface area is 265 Å². The molecule has 0 aliphatic rings. The molecule has 230 valence electrons. The van der Waals surface area contributed by atoms with Crippen molar-refractivity contribution in [2.75, 3.05) is 10.8 Å². The van der Waals surface area contributed by atoms with E-state index in [0.29, 0.717) is 5.02 Å². The number of benzene rings is 4. The monoisotopic (exact) mass is 631 g/mol. The Kier molecular flexibility index (Phi) is 10.8. The maximum Gasteiger partial charge on any atom is 0.264 e. The number of carbonyl (C=O) groups is 2. The molecular weight excluding hydrogens is 594 g/mol. The highest BCUT2D eigenvalue weighted by Gasteiger charge is 2.35. The smallest absolute Gasteiger partial charge is 0.264 e. The van der Waals surface area contributed by atoms with Crippen LogP contribution in [0, 0.1) is 13.8 Å². The van der Waals surface area contributed by atoms with E-state index >= 15 is 0 Å². The average Bonchev–Trinajstić information content (AvgIpc) is 2.99. The molecule has 0 aliphatic heterocycles. The summed E-state index contributed by atoms with van der Waals surface area (Å²) >= 11 is 6.44. The van der Waals surface area contributed by atoms with E-state index in [-0.39, 0.29) is 35.5 Å². The second kappa shape index (κ2) is 14.6. The van der Waals surface area contributed by atoms with Gasteiger partial charge in [0, 0.05) is 24.0 Å². The summed E-state index contributed by atoms with van der Waals surface area (Å²) < 4.78 is 29.2. The largest absolute Gasteiger partial charge is 0.352 e. The van der Waals surface area contributed by atoms with Crippen LogP contribution in [0.15, 0.2) is 108 Å². The van der Waals surface area contributed by atoms with Crippen molar-refractivity contribution >= 4 is 39.1 Å². The van der Waals surface area contributed by atoms with Gasteiger partial charge in [0.05, 0.1) is 10.6 Å². The molecule has 2 amide bonds. The van der Waals surface area contributed by atoms with Crippen molar-refractivity contribution in [3.63, 3.8) is 0 Å². The lowest BCUT2D eigenvalue weighted by atomic mass is 10.0. The van der Waals surface area contributed by atoms with Crippen LogP contribution < -0.4 is 9.62 Å². The third-order valence-electron chi connectivity index (χ3n) is 7.19. The lowest BCUT2D eigenvalue weighted by Gasteiger charge is -2.34. The lowest BCUT2D eigenvalue weighted by Crippen LogP contribution is -2.54. The molecule has 0 heterocycles. The van der Waals surface area contributed by atoms with Crippen LogP contribution in [-0.4, -0.2) is 43.8 Å². The lowest BCUT2D eigenvalue weighted by molar-refractivity contribution is -0.140. The Morgan fingerprint density at radius 1 is 0.818 bits per heavy atom. The number of nitrogens with one attached hydrogen (secondary N) is 1. The zero-order chi connectivity index (χ0) is 31.9. The summed E-state index contributed by atoms with van der Waals surface area (Å²) in [4.78, 5) is 29.8. The van der Waals surface area contributed by atoms with E-state index in [1.807, 2.05) is 82.3 Å². The number of nitrogens with zero attached hydrogens (tertiary/aromatic N) is 2. The van der Waals surface area contributed by atoms with E-state index in [1.165, 1.54) is 17.0 Å². The predicted octanol–water partition coefficient (Wildman–Crippen LogP) is 6.32. The second-order valence-electron chi connectivity index (χ2n) is 11.1. The molecule has 1 atom stereocenters. The minimum atomic E-state index is -4.19. The zero-order valence-electron chi connectivity index (χ0n) is 25.4. The molecule has 0 unspecified atom stereocenters. The summed E-state index contributed by atoms with van der Waals surface area (Å²) in [7, 11) is -4.19. The van der Waals surface area contributed by atoms with E-state index in [9.17, 15) is 18.0 Å². The molecule has 9 heteroatoms. The molecule has 0 fully saturated rings. The first-order chi connectivity index (χ1) is 21.0. The predicted molar refractivity (Wildman–Crippen MR) is 176 cm³/mol. The highest BCUT2D eigenvalue weighted by Crippen LogP contribution is 2.29. The van der Waals surface area contributed by atoms with Crippen LogP contribution in [-0.2, 0) is 32.6 Å². The zero-order valence-corrected chi connectivity index (χ0v) is 27.0. The van der Waals surface area contributed by atoms with Crippen LogP contribution in [0.25, 0.3) is 0 Å². The fraction of sp³-hybridized carbons (Fsp3) is 0.257. The summed E-state index contributed by atoms with van der Waals surface area (Å²) in [6.07, 6.45) is 0.249. The van der Waals surface area contributed by atoms with Gasteiger partial charge >= 0.3 is 0 Å². The van der Waals surface area contributed by atoms with Gasteiger partial charge < -0.3 is 10.2 Å². The average molecular weight is 632 g/mol. The van der Waals surface area contributed by atoms with Crippen molar-refractivity contribution in [1.82, 2.24) is 10.2 Å². The van der Waals surface area contributed by atoms with Crippen LogP contribution in [0.5, 0.6) is 0 Å². The molecule has 0 spiro atoms. The highest BCUT2D eigenvalue weighted by atomic mass is 35.5. The topological polar surface area (TPSA) is 86.8 Å².